The van der Waals surface area contributed by atoms with Gasteiger partial charge in [-0.1, -0.05) is 88.0 Å². The second-order valence-corrected chi connectivity index (χ2v) is 13.3. The fraction of sp³-hybridized carbons (Fsp3) is 0.333. The molecule has 2 fully saturated rings. The summed E-state index contributed by atoms with van der Waals surface area (Å²) < 4.78 is 4.23. The summed E-state index contributed by atoms with van der Waals surface area (Å²) in [6.07, 6.45) is 4.17. The average Bonchev–Trinajstić information content (AvgIpc) is 2.91. The fourth-order valence-electron chi connectivity index (χ4n) is 4.41. The van der Waals surface area contributed by atoms with Crippen molar-refractivity contribution in [2.24, 2.45) is 0 Å². The Kier molecular flexibility index (Phi) is 11.9. The molecule has 0 amide bonds. The van der Waals surface area contributed by atoms with Crippen molar-refractivity contribution >= 4 is 75.3 Å². The van der Waals surface area contributed by atoms with Crippen LogP contribution in [0.4, 0.5) is 0 Å². The molecule has 0 aliphatic heterocycles. The third-order valence-electron chi connectivity index (χ3n) is 6.84. The zero-order valence-corrected chi connectivity index (χ0v) is 27.2. The molecule has 3 aromatic carbocycles. The minimum atomic E-state index is -0.845. The number of aliphatic hydroxyl groups is 2. The summed E-state index contributed by atoms with van der Waals surface area (Å²) in [6.45, 7) is 0. The van der Waals surface area contributed by atoms with E-state index in [-0.39, 0.29) is 11.6 Å². The van der Waals surface area contributed by atoms with Gasteiger partial charge in [0.15, 0.2) is 0 Å². The van der Waals surface area contributed by atoms with Crippen molar-refractivity contribution in [3.8, 4) is 0 Å². The maximum absolute atomic E-state index is 10.9. The summed E-state index contributed by atoms with van der Waals surface area (Å²) in [4.78, 5) is 20.9. The highest BCUT2D eigenvalue weighted by molar-refractivity contribution is 9.11. The SMILES string of the molecule is Brc1ccc(Br)cc1.O=C1CCC(=O)CC1.OC1(c2ccc(Br)cc2)CCC(O)(c2ccc(Br)cc2)CC1. The Hall–Kier alpha value is -1.16. The van der Waals surface area contributed by atoms with Crippen LogP contribution in [0.5, 0.6) is 0 Å². The molecule has 3 aromatic rings. The molecular formula is C30H30Br4O4. The number of carbonyl (C=O) groups is 2. The van der Waals surface area contributed by atoms with Crippen molar-refractivity contribution in [3.63, 3.8) is 0 Å². The molecule has 0 spiro atoms. The van der Waals surface area contributed by atoms with Crippen molar-refractivity contribution in [3.05, 3.63) is 102 Å². The predicted molar refractivity (Wildman–Crippen MR) is 165 cm³/mol. The van der Waals surface area contributed by atoms with Gasteiger partial charge >= 0.3 is 0 Å². The van der Waals surface area contributed by atoms with E-state index >= 15 is 0 Å². The van der Waals surface area contributed by atoms with Gasteiger partial charge in [-0.2, -0.15) is 0 Å². The van der Waals surface area contributed by atoms with E-state index in [4.69, 9.17) is 0 Å². The number of ketones is 2. The van der Waals surface area contributed by atoms with Gasteiger partial charge in [0.1, 0.15) is 11.6 Å². The molecule has 5 rings (SSSR count). The normalized spacial score (nSPS) is 23.0. The molecule has 0 unspecified atom stereocenters. The first-order valence-corrected chi connectivity index (χ1v) is 15.6. The van der Waals surface area contributed by atoms with Crippen LogP contribution in [0.2, 0.25) is 0 Å². The van der Waals surface area contributed by atoms with Gasteiger partial charge in [0.25, 0.3) is 0 Å². The first kappa shape index (κ1) is 31.4. The lowest BCUT2D eigenvalue weighted by Crippen LogP contribution is -2.39. The summed E-state index contributed by atoms with van der Waals surface area (Å²) in [7, 11) is 0. The number of halogens is 4. The quantitative estimate of drug-likeness (QED) is 0.273. The number of hydrogen-bond acceptors (Lipinski definition) is 4. The van der Waals surface area contributed by atoms with Gasteiger partial charge < -0.3 is 10.2 Å². The molecule has 2 aliphatic carbocycles. The number of benzene rings is 3. The molecule has 2 aliphatic rings. The summed E-state index contributed by atoms with van der Waals surface area (Å²) in [5.74, 6) is 0.481. The topological polar surface area (TPSA) is 74.6 Å². The van der Waals surface area contributed by atoms with Gasteiger partial charge in [0, 0.05) is 43.6 Å². The minimum Gasteiger partial charge on any atom is -0.385 e. The number of carbonyl (C=O) groups excluding carboxylic acids is 2. The van der Waals surface area contributed by atoms with E-state index in [9.17, 15) is 19.8 Å². The van der Waals surface area contributed by atoms with Crippen LogP contribution >= 0.6 is 63.7 Å². The van der Waals surface area contributed by atoms with E-state index < -0.39 is 11.2 Å². The summed E-state index contributed by atoms with van der Waals surface area (Å²) in [6, 6.07) is 23.6. The molecule has 0 saturated heterocycles. The van der Waals surface area contributed by atoms with Crippen molar-refractivity contribution in [2.45, 2.75) is 62.6 Å². The Morgan fingerprint density at radius 1 is 0.447 bits per heavy atom. The molecule has 2 saturated carbocycles. The van der Waals surface area contributed by atoms with Crippen LogP contribution < -0.4 is 0 Å². The van der Waals surface area contributed by atoms with Gasteiger partial charge in [0.2, 0.25) is 0 Å². The monoisotopic (exact) mass is 770 g/mol. The Morgan fingerprint density at radius 3 is 0.895 bits per heavy atom. The predicted octanol–water partition coefficient (Wildman–Crippen LogP) is 8.77. The molecule has 4 nitrogen and oxygen atoms in total. The van der Waals surface area contributed by atoms with E-state index in [1.807, 2.05) is 72.8 Å². The lowest BCUT2D eigenvalue weighted by molar-refractivity contribution is -0.128. The van der Waals surface area contributed by atoms with Crippen molar-refractivity contribution in [2.75, 3.05) is 0 Å². The Bertz CT molecular complexity index is 1090. The highest BCUT2D eigenvalue weighted by Crippen LogP contribution is 2.46. The average molecular weight is 774 g/mol. The minimum absolute atomic E-state index is 0.240. The van der Waals surface area contributed by atoms with Crippen LogP contribution in [0.15, 0.2) is 90.7 Å². The van der Waals surface area contributed by atoms with Crippen LogP contribution in [0, 0.1) is 0 Å². The number of Topliss-reactive ketones (excluding diaryl/α,β-unsaturated/α-hetero) is 2. The molecule has 0 aromatic heterocycles. The Balaban J connectivity index is 0.000000203. The number of rotatable bonds is 2. The lowest BCUT2D eigenvalue weighted by Gasteiger charge is -2.41. The van der Waals surface area contributed by atoms with E-state index in [0.717, 1.165) is 29.0 Å². The van der Waals surface area contributed by atoms with Crippen molar-refractivity contribution in [1.82, 2.24) is 0 Å². The first-order chi connectivity index (χ1) is 18.0. The smallest absolute Gasteiger partial charge is 0.133 e. The van der Waals surface area contributed by atoms with Crippen molar-refractivity contribution < 1.29 is 19.8 Å². The zero-order chi connectivity index (χ0) is 27.8. The molecule has 0 bridgehead atoms. The zero-order valence-electron chi connectivity index (χ0n) is 20.8. The van der Waals surface area contributed by atoms with Gasteiger partial charge in [-0.15, -0.1) is 0 Å². The van der Waals surface area contributed by atoms with Gasteiger partial charge in [-0.05, 0) is 85.3 Å². The van der Waals surface area contributed by atoms with Gasteiger partial charge in [-0.3, -0.25) is 9.59 Å². The Morgan fingerprint density at radius 2 is 0.658 bits per heavy atom. The molecular weight excluding hydrogens is 744 g/mol. The van der Waals surface area contributed by atoms with E-state index in [1.54, 1.807) is 0 Å². The second-order valence-electron chi connectivity index (χ2n) is 9.59. The molecule has 0 radical (unpaired) electrons. The van der Waals surface area contributed by atoms with Crippen LogP contribution in [-0.2, 0) is 20.8 Å². The standard InChI is InChI=1S/C18H18Br2O2.C6H4Br2.C6H8O2/c19-15-5-1-13(2-6-15)17(21)9-11-18(22,12-10-17)14-3-7-16(20)8-4-14;2*7-5-1-2-6(8)4-3-5/h1-8,21-22H,9-12H2;1-4H;1-4H2. The summed E-state index contributed by atoms with van der Waals surface area (Å²) in [5.41, 5.74) is 0.159. The summed E-state index contributed by atoms with van der Waals surface area (Å²) >= 11 is 13.5. The molecule has 8 heteroatoms. The third kappa shape index (κ3) is 9.49. The highest BCUT2D eigenvalue weighted by Gasteiger charge is 2.42. The molecule has 38 heavy (non-hydrogen) atoms. The maximum Gasteiger partial charge on any atom is 0.133 e. The van der Waals surface area contributed by atoms with Crippen molar-refractivity contribution in [1.29, 1.82) is 0 Å². The van der Waals surface area contributed by atoms with E-state index in [1.165, 1.54) is 0 Å². The molecule has 202 valence electrons. The largest absolute Gasteiger partial charge is 0.385 e. The van der Waals surface area contributed by atoms with Crippen LogP contribution in [0.25, 0.3) is 0 Å². The Labute approximate surface area is 257 Å². The second kappa shape index (κ2) is 14.5. The fourth-order valence-corrected chi connectivity index (χ4v) is 5.47. The van der Waals surface area contributed by atoms with Crippen LogP contribution in [0.1, 0.15) is 62.5 Å². The van der Waals surface area contributed by atoms with Crippen LogP contribution in [-0.4, -0.2) is 21.8 Å². The van der Waals surface area contributed by atoms with Gasteiger partial charge in [0.05, 0.1) is 11.2 Å². The van der Waals surface area contributed by atoms with Gasteiger partial charge in [-0.25, -0.2) is 0 Å². The third-order valence-corrected chi connectivity index (χ3v) is 8.95. The van der Waals surface area contributed by atoms with Crippen LogP contribution in [0.3, 0.4) is 0 Å². The first-order valence-electron chi connectivity index (χ1n) is 12.4. The molecule has 0 atom stereocenters. The number of hydrogen-bond donors (Lipinski definition) is 2. The van der Waals surface area contributed by atoms with E-state index in [0.29, 0.717) is 51.4 Å². The highest BCUT2D eigenvalue weighted by atomic mass is 79.9. The lowest BCUT2D eigenvalue weighted by atomic mass is 9.70. The summed E-state index contributed by atoms with van der Waals surface area (Å²) in [5, 5.41) is 21.8. The molecule has 2 N–H and O–H groups in total. The molecule has 0 heterocycles. The van der Waals surface area contributed by atoms with E-state index in [2.05, 4.69) is 63.7 Å². The maximum atomic E-state index is 10.9.